The third kappa shape index (κ3) is 3.65. The molecule has 164 valence electrons. The number of carbonyl (C=O) groups excluding carboxylic acids is 2. The number of nitrogens with one attached hydrogen (secondary N) is 1. The molecule has 1 fully saturated rings. The summed E-state index contributed by atoms with van der Waals surface area (Å²) in [7, 11) is 0. The Balaban J connectivity index is 1.61. The van der Waals surface area contributed by atoms with Crippen LogP contribution in [0.1, 0.15) is 69.6 Å². The van der Waals surface area contributed by atoms with Crippen molar-refractivity contribution in [3.05, 3.63) is 87.1 Å². The van der Waals surface area contributed by atoms with Gasteiger partial charge >= 0.3 is 0 Å². The number of hydrogen-bond donors (Lipinski definition) is 1. The average Bonchev–Trinajstić information content (AvgIpc) is 3.50. The molecule has 0 unspecified atom stereocenters. The van der Waals surface area contributed by atoms with E-state index in [1.165, 1.54) is 5.56 Å². The topological polar surface area (TPSA) is 49.4 Å². The van der Waals surface area contributed by atoms with Crippen LogP contribution in [0.4, 0.5) is 5.69 Å². The zero-order valence-corrected chi connectivity index (χ0v) is 19.3. The molecule has 2 atom stereocenters. The van der Waals surface area contributed by atoms with E-state index in [9.17, 15) is 9.59 Å². The number of aryl methyl sites for hydroxylation is 2. The average molecular weight is 445 g/mol. The Labute approximate surface area is 193 Å². The maximum absolute atomic E-state index is 13.9. The second-order valence-electron chi connectivity index (χ2n) is 8.96. The van der Waals surface area contributed by atoms with E-state index in [2.05, 4.69) is 25.2 Å². The fourth-order valence-corrected chi connectivity index (χ4v) is 6.08. The number of nitrogens with zero attached hydrogens (tertiary/aromatic N) is 1. The predicted octanol–water partition coefficient (Wildman–Crippen LogP) is 6.23. The Morgan fingerprint density at radius 3 is 2.50 bits per heavy atom. The Kier molecular flexibility index (Phi) is 5.60. The maximum Gasteiger partial charge on any atom is 0.254 e. The number of rotatable bonds is 4. The van der Waals surface area contributed by atoms with Crippen molar-refractivity contribution in [2.75, 3.05) is 5.32 Å². The van der Waals surface area contributed by atoms with E-state index in [1.54, 1.807) is 11.3 Å². The van der Waals surface area contributed by atoms with Gasteiger partial charge < -0.3 is 10.2 Å². The minimum Gasteiger partial charge on any atom is -0.327 e. The summed E-state index contributed by atoms with van der Waals surface area (Å²) in [5.41, 5.74) is 4.62. The van der Waals surface area contributed by atoms with Gasteiger partial charge in [0.2, 0.25) is 5.91 Å². The van der Waals surface area contributed by atoms with Gasteiger partial charge in [0.1, 0.15) is 0 Å². The van der Waals surface area contributed by atoms with Crippen LogP contribution in [0.3, 0.4) is 0 Å². The largest absolute Gasteiger partial charge is 0.327 e. The van der Waals surface area contributed by atoms with Gasteiger partial charge in [-0.3, -0.25) is 9.59 Å². The van der Waals surface area contributed by atoms with Crippen LogP contribution in [-0.4, -0.2) is 22.8 Å². The molecule has 2 aliphatic rings. The van der Waals surface area contributed by atoms with Gasteiger partial charge in [-0.1, -0.05) is 43.2 Å². The minimum absolute atomic E-state index is 0.0566. The molecule has 0 radical (unpaired) electrons. The van der Waals surface area contributed by atoms with Crippen LogP contribution < -0.4 is 5.32 Å². The quantitative estimate of drug-likeness (QED) is 0.519. The number of carbonyl (C=O) groups is 2. The third-order valence-corrected chi connectivity index (χ3v) is 7.93. The lowest BCUT2D eigenvalue weighted by molar-refractivity contribution is -0.119. The molecule has 1 aromatic heterocycles. The molecule has 2 amide bonds. The van der Waals surface area contributed by atoms with Gasteiger partial charge in [0.05, 0.1) is 12.0 Å². The van der Waals surface area contributed by atoms with E-state index in [4.69, 9.17) is 0 Å². The van der Waals surface area contributed by atoms with Gasteiger partial charge in [-0.2, -0.15) is 0 Å². The fourth-order valence-electron chi connectivity index (χ4n) is 5.22. The second-order valence-corrected chi connectivity index (χ2v) is 9.94. The third-order valence-electron chi connectivity index (χ3n) is 6.99. The van der Waals surface area contributed by atoms with E-state index < -0.39 is 5.92 Å². The van der Waals surface area contributed by atoms with E-state index in [1.807, 2.05) is 58.8 Å². The zero-order chi connectivity index (χ0) is 22.2. The summed E-state index contributed by atoms with van der Waals surface area (Å²) in [5.74, 6) is -0.458. The molecule has 5 heteroatoms. The molecule has 1 aliphatic carbocycles. The molecule has 0 bridgehead atoms. The fraction of sp³-hybridized carbons (Fsp3) is 0.333. The second kappa shape index (κ2) is 8.55. The molecular weight excluding hydrogens is 416 g/mol. The molecule has 0 saturated heterocycles. The highest BCUT2D eigenvalue weighted by Gasteiger charge is 2.47. The lowest BCUT2D eigenvalue weighted by Gasteiger charge is -2.44. The standard InChI is InChI=1S/C27H28N2O2S/c1-17-13-14-19(16-18(17)2)28-26(30)24-21-10-5-6-11-22(21)27(31)29(20-8-3-4-9-20)25(24)23-12-7-15-32-23/h5-7,10-16,20,24-25H,3-4,8-9H2,1-2H3,(H,28,30)/t24-,25-/m1/s1. The van der Waals surface area contributed by atoms with Crippen molar-refractivity contribution in [2.24, 2.45) is 0 Å². The molecule has 4 nitrogen and oxygen atoms in total. The number of hydrogen-bond acceptors (Lipinski definition) is 3. The molecule has 5 rings (SSSR count). The van der Waals surface area contributed by atoms with Crippen LogP contribution in [0.25, 0.3) is 0 Å². The molecule has 1 aliphatic heterocycles. The summed E-state index contributed by atoms with van der Waals surface area (Å²) in [6.45, 7) is 4.12. The zero-order valence-electron chi connectivity index (χ0n) is 18.5. The number of amides is 2. The Bertz CT molecular complexity index is 1150. The monoisotopic (exact) mass is 444 g/mol. The SMILES string of the molecule is Cc1ccc(NC(=O)[C@@H]2c3ccccc3C(=O)N(C3CCCC3)[C@@H]2c2cccs2)cc1C. The highest BCUT2D eigenvalue weighted by molar-refractivity contribution is 7.10. The van der Waals surface area contributed by atoms with Gasteiger partial charge in [0.25, 0.3) is 5.91 Å². The van der Waals surface area contributed by atoms with Crippen molar-refractivity contribution in [3.63, 3.8) is 0 Å². The van der Waals surface area contributed by atoms with Crippen molar-refractivity contribution >= 4 is 28.8 Å². The van der Waals surface area contributed by atoms with E-state index in [0.29, 0.717) is 5.56 Å². The smallest absolute Gasteiger partial charge is 0.254 e. The van der Waals surface area contributed by atoms with Crippen LogP contribution in [0.15, 0.2) is 60.0 Å². The molecule has 2 aromatic carbocycles. The van der Waals surface area contributed by atoms with E-state index >= 15 is 0 Å². The molecule has 0 spiro atoms. The lowest BCUT2D eigenvalue weighted by Crippen LogP contribution is -2.49. The van der Waals surface area contributed by atoms with Crippen molar-refractivity contribution in [1.82, 2.24) is 4.90 Å². The molecule has 3 aromatic rings. The number of fused-ring (bicyclic) bond motifs is 1. The van der Waals surface area contributed by atoms with Crippen molar-refractivity contribution < 1.29 is 9.59 Å². The van der Waals surface area contributed by atoms with Gasteiger partial charge in [-0.15, -0.1) is 11.3 Å². The van der Waals surface area contributed by atoms with Gasteiger partial charge in [-0.05, 0) is 73.0 Å². The molecule has 32 heavy (non-hydrogen) atoms. The van der Waals surface area contributed by atoms with Gasteiger partial charge in [0.15, 0.2) is 0 Å². The number of anilines is 1. The minimum atomic E-state index is -0.454. The molecule has 2 heterocycles. The molecule has 1 N–H and O–H groups in total. The summed E-state index contributed by atoms with van der Waals surface area (Å²) in [6, 6.07) is 17.6. The van der Waals surface area contributed by atoms with E-state index in [-0.39, 0.29) is 23.9 Å². The highest BCUT2D eigenvalue weighted by atomic mass is 32.1. The van der Waals surface area contributed by atoms with Gasteiger partial charge in [0, 0.05) is 22.2 Å². The Hall–Kier alpha value is -2.92. The Morgan fingerprint density at radius 1 is 1.00 bits per heavy atom. The van der Waals surface area contributed by atoms with Crippen LogP contribution in [0.2, 0.25) is 0 Å². The number of thiophene rings is 1. The first-order chi connectivity index (χ1) is 15.5. The summed E-state index contributed by atoms with van der Waals surface area (Å²) in [6.07, 6.45) is 4.27. The summed E-state index contributed by atoms with van der Waals surface area (Å²) >= 11 is 1.63. The molecule has 1 saturated carbocycles. The van der Waals surface area contributed by atoms with Crippen LogP contribution >= 0.6 is 11.3 Å². The summed E-state index contributed by atoms with van der Waals surface area (Å²) in [4.78, 5) is 30.7. The summed E-state index contributed by atoms with van der Waals surface area (Å²) < 4.78 is 0. The van der Waals surface area contributed by atoms with E-state index in [0.717, 1.165) is 47.4 Å². The van der Waals surface area contributed by atoms with Crippen molar-refractivity contribution in [3.8, 4) is 0 Å². The van der Waals surface area contributed by atoms with Crippen LogP contribution in [0.5, 0.6) is 0 Å². The maximum atomic E-state index is 13.9. The van der Waals surface area contributed by atoms with Gasteiger partial charge in [-0.25, -0.2) is 0 Å². The van der Waals surface area contributed by atoms with Crippen LogP contribution in [-0.2, 0) is 4.79 Å². The normalized spacial score (nSPS) is 20.9. The van der Waals surface area contributed by atoms with Crippen molar-refractivity contribution in [1.29, 1.82) is 0 Å². The first kappa shape index (κ1) is 21.0. The first-order valence-corrected chi connectivity index (χ1v) is 12.3. The predicted molar refractivity (Wildman–Crippen MR) is 129 cm³/mol. The lowest BCUT2D eigenvalue weighted by atomic mass is 9.80. The first-order valence-electron chi connectivity index (χ1n) is 11.4. The Morgan fingerprint density at radius 2 is 1.78 bits per heavy atom. The van der Waals surface area contributed by atoms with Crippen LogP contribution in [0, 0.1) is 13.8 Å². The molecular formula is C27H28N2O2S. The highest BCUT2D eigenvalue weighted by Crippen LogP contribution is 2.47. The summed E-state index contributed by atoms with van der Waals surface area (Å²) in [5, 5.41) is 5.20. The number of benzene rings is 2. The van der Waals surface area contributed by atoms with Crippen molar-refractivity contribution in [2.45, 2.75) is 57.5 Å².